The van der Waals surface area contributed by atoms with Crippen molar-refractivity contribution in [1.82, 2.24) is 4.90 Å². The number of carbonyl (C=O) groups excluding carboxylic acids is 2. The van der Waals surface area contributed by atoms with Crippen LogP contribution in [0, 0.1) is 0 Å². The number of carbonyl (C=O) groups is 3. The zero-order valence-electron chi connectivity index (χ0n) is 18.6. The number of hydrogen-bond donors (Lipinski definition) is 2. The lowest BCUT2D eigenvalue weighted by Crippen LogP contribution is -2.59. The highest BCUT2D eigenvalue weighted by atomic mass is 16.5. The first-order chi connectivity index (χ1) is 16.4. The van der Waals surface area contributed by atoms with Gasteiger partial charge < -0.3 is 19.2 Å². The van der Waals surface area contributed by atoms with E-state index in [0.29, 0.717) is 12.8 Å². The molecule has 2 aliphatic carbocycles. The van der Waals surface area contributed by atoms with E-state index in [-0.39, 0.29) is 24.0 Å². The number of benzene rings is 2. The van der Waals surface area contributed by atoms with E-state index in [9.17, 15) is 19.5 Å². The van der Waals surface area contributed by atoms with Gasteiger partial charge in [-0.2, -0.15) is 0 Å². The normalized spacial score (nSPS) is 15.6. The molecule has 1 aromatic heterocycles. The minimum atomic E-state index is -1.25. The van der Waals surface area contributed by atoms with Crippen molar-refractivity contribution in [2.75, 3.05) is 19.0 Å². The van der Waals surface area contributed by atoms with Crippen LogP contribution < -0.4 is 5.32 Å². The summed E-state index contributed by atoms with van der Waals surface area (Å²) in [7, 11) is 1.44. The maximum Gasteiger partial charge on any atom is 0.411 e. The van der Waals surface area contributed by atoms with Crippen molar-refractivity contribution >= 4 is 23.7 Å². The molecular weight excluding hydrogens is 436 g/mol. The van der Waals surface area contributed by atoms with Crippen LogP contribution in [0.2, 0.25) is 0 Å². The van der Waals surface area contributed by atoms with Crippen LogP contribution in [0.1, 0.15) is 46.9 Å². The second-order valence-electron chi connectivity index (χ2n) is 8.67. The summed E-state index contributed by atoms with van der Waals surface area (Å²) in [6.07, 6.45) is 2.03. The van der Waals surface area contributed by atoms with Crippen molar-refractivity contribution in [3.63, 3.8) is 0 Å². The Kier molecular flexibility index (Phi) is 5.36. The molecule has 0 spiro atoms. The third-order valence-corrected chi connectivity index (χ3v) is 6.97. The number of rotatable bonds is 6. The first-order valence-electron chi connectivity index (χ1n) is 11.1. The van der Waals surface area contributed by atoms with Crippen molar-refractivity contribution in [2.24, 2.45) is 0 Å². The third-order valence-electron chi connectivity index (χ3n) is 6.97. The zero-order chi connectivity index (χ0) is 23.9. The highest BCUT2D eigenvalue weighted by molar-refractivity contribution is 6.02. The predicted octanol–water partition coefficient (Wildman–Crippen LogP) is 4.72. The van der Waals surface area contributed by atoms with E-state index in [1.165, 1.54) is 24.3 Å². The molecular formula is C26H24N2O6. The molecule has 5 rings (SSSR count). The van der Waals surface area contributed by atoms with Crippen LogP contribution in [-0.4, -0.2) is 47.2 Å². The number of aliphatic carboxylic acids is 1. The Morgan fingerprint density at radius 3 is 2.24 bits per heavy atom. The van der Waals surface area contributed by atoms with Gasteiger partial charge in [-0.15, -0.1) is 0 Å². The number of hydrogen-bond acceptors (Lipinski definition) is 5. The summed E-state index contributed by atoms with van der Waals surface area (Å²) >= 11 is 0. The number of carboxylic acids is 1. The maximum absolute atomic E-state index is 13.0. The van der Waals surface area contributed by atoms with Crippen molar-refractivity contribution < 1.29 is 28.6 Å². The monoisotopic (exact) mass is 460 g/mol. The number of nitrogens with zero attached hydrogens (tertiary/aromatic N) is 1. The van der Waals surface area contributed by atoms with Crippen LogP contribution in [0.25, 0.3) is 11.1 Å². The van der Waals surface area contributed by atoms with Gasteiger partial charge in [0.05, 0.1) is 12.0 Å². The molecule has 0 aliphatic heterocycles. The molecule has 0 unspecified atom stereocenters. The summed E-state index contributed by atoms with van der Waals surface area (Å²) in [4.78, 5) is 38.5. The molecule has 1 fully saturated rings. The van der Waals surface area contributed by atoms with Crippen LogP contribution in [0.3, 0.4) is 0 Å². The molecule has 3 aromatic rings. The summed E-state index contributed by atoms with van der Waals surface area (Å²) in [5.74, 6) is -1.89. The molecule has 2 N–H and O–H groups in total. The lowest BCUT2D eigenvalue weighted by molar-refractivity contribution is -0.154. The summed E-state index contributed by atoms with van der Waals surface area (Å²) in [5.41, 5.74) is 3.33. The van der Waals surface area contributed by atoms with E-state index in [1.54, 1.807) is 0 Å². The molecule has 174 valence electrons. The van der Waals surface area contributed by atoms with Crippen molar-refractivity contribution in [3.8, 4) is 11.1 Å². The molecule has 8 heteroatoms. The molecule has 34 heavy (non-hydrogen) atoms. The van der Waals surface area contributed by atoms with Crippen LogP contribution in [-0.2, 0) is 9.53 Å². The molecule has 0 bridgehead atoms. The van der Waals surface area contributed by atoms with E-state index in [4.69, 9.17) is 9.15 Å². The number of nitrogens with one attached hydrogen (secondary N) is 1. The largest absolute Gasteiger partial charge is 0.479 e. The topological polar surface area (TPSA) is 109 Å². The highest BCUT2D eigenvalue weighted by Crippen LogP contribution is 2.44. The van der Waals surface area contributed by atoms with E-state index in [2.05, 4.69) is 17.4 Å². The van der Waals surface area contributed by atoms with Gasteiger partial charge in [0.25, 0.3) is 5.91 Å². The van der Waals surface area contributed by atoms with E-state index in [0.717, 1.165) is 28.7 Å². The fourth-order valence-electron chi connectivity index (χ4n) is 4.87. The van der Waals surface area contributed by atoms with Crippen molar-refractivity contribution in [1.29, 1.82) is 0 Å². The number of ether oxygens (including phenoxy) is 1. The van der Waals surface area contributed by atoms with Gasteiger partial charge in [0.2, 0.25) is 5.76 Å². The Bertz CT molecular complexity index is 1230. The van der Waals surface area contributed by atoms with Gasteiger partial charge in [-0.3, -0.25) is 10.1 Å². The number of likely N-dealkylation sites (N-methyl/N-ethyl adjacent to an activating group) is 1. The van der Waals surface area contributed by atoms with Crippen LogP contribution in [0.15, 0.2) is 65.3 Å². The van der Waals surface area contributed by atoms with Gasteiger partial charge in [0.1, 0.15) is 12.1 Å². The summed E-state index contributed by atoms with van der Waals surface area (Å²) in [6.45, 7) is 0.128. The third kappa shape index (κ3) is 3.42. The second-order valence-corrected chi connectivity index (χ2v) is 8.67. The molecule has 0 radical (unpaired) electrons. The molecule has 0 saturated heterocycles. The Labute approximate surface area is 196 Å². The van der Waals surface area contributed by atoms with E-state index >= 15 is 0 Å². The average molecular weight is 460 g/mol. The quantitative estimate of drug-likeness (QED) is 0.551. The first-order valence-corrected chi connectivity index (χ1v) is 11.1. The molecule has 1 heterocycles. The van der Waals surface area contributed by atoms with Crippen LogP contribution in [0.5, 0.6) is 0 Å². The predicted molar refractivity (Wildman–Crippen MR) is 124 cm³/mol. The highest BCUT2D eigenvalue weighted by Gasteiger charge is 2.50. The molecule has 0 atom stereocenters. The number of carboxylic acid groups (broad SMARTS) is 1. The van der Waals surface area contributed by atoms with Gasteiger partial charge in [0, 0.05) is 19.0 Å². The molecule has 1 saturated carbocycles. The maximum atomic E-state index is 13.0. The minimum absolute atomic E-state index is 0.0937. The number of anilines is 1. The standard InChI is InChI=1S/C26H24N2O6/c1-28(26(24(30)31)12-6-13-26)23(29)22-21(11-14-33-22)27-25(32)34-15-20-18-9-4-2-7-16(18)17-8-3-5-10-19(17)20/h2-5,7-11,14,20H,6,12-13,15H2,1H3,(H,27,32)(H,30,31). The Hall–Kier alpha value is -4.07. The summed E-state index contributed by atoms with van der Waals surface area (Å²) in [5, 5.41) is 12.2. The minimum Gasteiger partial charge on any atom is -0.479 e. The molecule has 2 amide bonds. The number of amides is 2. The Balaban J connectivity index is 1.28. The molecule has 2 aliphatic rings. The second kappa shape index (κ2) is 8.37. The van der Waals surface area contributed by atoms with Gasteiger partial charge in [-0.1, -0.05) is 48.5 Å². The van der Waals surface area contributed by atoms with Crippen molar-refractivity contribution in [3.05, 3.63) is 77.7 Å². The number of furan rings is 1. The molecule has 8 nitrogen and oxygen atoms in total. The smallest absolute Gasteiger partial charge is 0.411 e. The van der Waals surface area contributed by atoms with Gasteiger partial charge in [-0.05, 0) is 41.5 Å². The average Bonchev–Trinajstić information content (AvgIpc) is 3.38. The van der Waals surface area contributed by atoms with Crippen LogP contribution in [0.4, 0.5) is 10.5 Å². The summed E-state index contributed by atoms with van der Waals surface area (Å²) < 4.78 is 10.8. The van der Waals surface area contributed by atoms with Crippen LogP contribution >= 0.6 is 0 Å². The fraction of sp³-hybridized carbons (Fsp3) is 0.269. The number of fused-ring (bicyclic) bond motifs is 3. The first kappa shape index (κ1) is 21.8. The van der Waals surface area contributed by atoms with Gasteiger partial charge in [0.15, 0.2) is 0 Å². The molecule has 2 aromatic carbocycles. The lowest BCUT2D eigenvalue weighted by Gasteiger charge is -2.44. The van der Waals surface area contributed by atoms with E-state index < -0.39 is 23.5 Å². The fourth-order valence-corrected chi connectivity index (χ4v) is 4.87. The lowest BCUT2D eigenvalue weighted by atomic mass is 9.75. The Morgan fingerprint density at radius 2 is 1.68 bits per heavy atom. The Morgan fingerprint density at radius 1 is 1.06 bits per heavy atom. The van der Waals surface area contributed by atoms with Crippen molar-refractivity contribution in [2.45, 2.75) is 30.7 Å². The van der Waals surface area contributed by atoms with Gasteiger partial charge >= 0.3 is 12.1 Å². The zero-order valence-corrected chi connectivity index (χ0v) is 18.6. The van der Waals surface area contributed by atoms with Gasteiger partial charge in [-0.25, -0.2) is 9.59 Å². The van der Waals surface area contributed by atoms with E-state index in [1.807, 2.05) is 36.4 Å². The SMILES string of the molecule is CN(C(=O)c1occc1NC(=O)OCC1c2ccccc2-c2ccccc21)C1(C(=O)O)CCC1. The summed E-state index contributed by atoms with van der Waals surface area (Å²) in [6, 6.07) is 17.5.